The molecule has 0 N–H and O–H groups in total. The lowest BCUT2D eigenvalue weighted by atomic mass is 10.2. The van der Waals surface area contributed by atoms with Gasteiger partial charge in [-0.25, -0.2) is 3.11 Å². The normalized spacial score (nSPS) is 14.7. The van der Waals surface area contributed by atoms with E-state index in [1.165, 1.54) is 13.0 Å². The molecule has 0 aromatic carbocycles. The molecule has 1 unspecified atom stereocenters. The van der Waals surface area contributed by atoms with Gasteiger partial charge in [0.05, 0.1) is 0 Å². The molecule has 0 heterocycles. The third-order valence-corrected chi connectivity index (χ3v) is 2.55. The molecule has 0 aromatic heterocycles. The van der Waals surface area contributed by atoms with Crippen molar-refractivity contribution in [3.05, 3.63) is 0 Å². The molecule has 0 aromatic rings. The molecule has 1 atom stereocenters. The van der Waals surface area contributed by atoms with Crippen LogP contribution in [0.2, 0.25) is 0 Å². The Morgan fingerprint density at radius 2 is 1.80 bits per heavy atom. The van der Waals surface area contributed by atoms with E-state index in [4.69, 9.17) is 0 Å². The van der Waals surface area contributed by atoms with E-state index < -0.39 is 0 Å². The van der Waals surface area contributed by atoms with E-state index in [0.717, 1.165) is 0 Å². The summed E-state index contributed by atoms with van der Waals surface area (Å²) in [5.41, 5.74) is 0. The maximum Gasteiger partial charge on any atom is 0.0201 e. The van der Waals surface area contributed by atoms with Crippen LogP contribution in [0.25, 0.3) is 0 Å². The smallest absolute Gasteiger partial charge is 0.0201 e. The van der Waals surface area contributed by atoms with Crippen molar-refractivity contribution in [2.75, 3.05) is 27.7 Å². The minimum atomic E-state index is 0.683. The zero-order valence-corrected chi connectivity index (χ0v) is 9.42. The molecule has 0 bridgehead atoms. The predicted molar refractivity (Wildman–Crippen MR) is 54.4 cm³/mol. The Hall–Kier alpha value is 0.650. The molecule has 62 valence electrons. The van der Waals surface area contributed by atoms with Crippen molar-refractivity contribution in [2.24, 2.45) is 0 Å². The summed E-state index contributed by atoms with van der Waals surface area (Å²) >= 11 is 2.33. The molecule has 0 amide bonds. The van der Waals surface area contributed by atoms with Gasteiger partial charge in [-0.15, -0.1) is 0 Å². The first-order valence-corrected chi connectivity index (χ1v) is 4.54. The second-order valence-electron chi connectivity index (χ2n) is 2.97. The van der Waals surface area contributed by atoms with Gasteiger partial charge >= 0.3 is 0 Å². The minimum absolute atomic E-state index is 0.683. The average Bonchev–Trinajstić information content (AvgIpc) is 1.82. The lowest BCUT2D eigenvalue weighted by molar-refractivity contribution is 0.343. The summed E-state index contributed by atoms with van der Waals surface area (Å²) in [5.74, 6) is 0. The molecular weight excluding hydrogens is 239 g/mol. The number of hydrogen-bond acceptors (Lipinski definition) is 2. The first-order valence-electron chi connectivity index (χ1n) is 3.57. The van der Waals surface area contributed by atoms with Crippen LogP contribution >= 0.6 is 22.9 Å². The third-order valence-electron chi connectivity index (χ3n) is 1.60. The second-order valence-corrected chi connectivity index (χ2v) is 4.49. The summed E-state index contributed by atoms with van der Waals surface area (Å²) in [5, 5.41) is 0. The number of halogens is 1. The first kappa shape index (κ1) is 10.7. The summed E-state index contributed by atoms with van der Waals surface area (Å²) < 4.78 is 2.22. The lowest BCUT2D eigenvalue weighted by Gasteiger charge is -2.19. The number of nitrogens with zero attached hydrogens (tertiary/aromatic N) is 2. The van der Waals surface area contributed by atoms with Crippen LogP contribution in [0.3, 0.4) is 0 Å². The van der Waals surface area contributed by atoms with Crippen molar-refractivity contribution in [3.63, 3.8) is 0 Å². The van der Waals surface area contributed by atoms with Gasteiger partial charge in [0.2, 0.25) is 0 Å². The molecule has 0 fully saturated rings. The Labute approximate surface area is 78.1 Å². The molecule has 0 aliphatic rings. The monoisotopic (exact) mass is 256 g/mol. The standard InChI is InChI=1S/C7H17IN2/c1-7(10(4)8)5-6-9(2)3/h7H,5-6H2,1-4H3. The SMILES string of the molecule is CC(CCN(C)C)N(C)I. The van der Waals surface area contributed by atoms with Gasteiger partial charge in [-0.2, -0.15) is 0 Å². The lowest BCUT2D eigenvalue weighted by Crippen LogP contribution is -2.24. The van der Waals surface area contributed by atoms with Crippen LogP contribution in [0.4, 0.5) is 0 Å². The van der Waals surface area contributed by atoms with E-state index in [9.17, 15) is 0 Å². The molecule has 2 nitrogen and oxygen atoms in total. The highest BCUT2D eigenvalue weighted by Crippen LogP contribution is 2.05. The van der Waals surface area contributed by atoms with E-state index in [1.807, 2.05) is 0 Å². The average molecular weight is 256 g/mol. The highest BCUT2D eigenvalue weighted by Gasteiger charge is 2.04. The van der Waals surface area contributed by atoms with Crippen LogP contribution in [0.5, 0.6) is 0 Å². The number of hydrogen-bond donors (Lipinski definition) is 0. The fourth-order valence-electron chi connectivity index (χ4n) is 0.623. The van der Waals surface area contributed by atoms with Crippen LogP contribution in [-0.4, -0.2) is 41.7 Å². The Bertz CT molecular complexity index is 83.7. The van der Waals surface area contributed by atoms with Crippen LogP contribution in [0, 0.1) is 0 Å². The molecule has 10 heavy (non-hydrogen) atoms. The Balaban J connectivity index is 3.30. The molecule has 0 radical (unpaired) electrons. The second kappa shape index (κ2) is 5.32. The maximum absolute atomic E-state index is 2.33. The summed E-state index contributed by atoms with van der Waals surface area (Å²) in [6.07, 6.45) is 1.24. The Morgan fingerprint density at radius 3 is 2.10 bits per heavy atom. The quantitative estimate of drug-likeness (QED) is 0.557. The van der Waals surface area contributed by atoms with Gasteiger partial charge in [0.25, 0.3) is 0 Å². The van der Waals surface area contributed by atoms with Crippen LogP contribution in [0.15, 0.2) is 0 Å². The van der Waals surface area contributed by atoms with Crippen molar-refractivity contribution in [1.82, 2.24) is 8.01 Å². The summed E-state index contributed by atoms with van der Waals surface area (Å²) in [6.45, 7) is 3.42. The summed E-state index contributed by atoms with van der Waals surface area (Å²) in [4.78, 5) is 2.22. The fraction of sp³-hybridized carbons (Fsp3) is 1.00. The van der Waals surface area contributed by atoms with Gasteiger partial charge < -0.3 is 4.90 Å². The number of rotatable bonds is 4. The highest BCUT2D eigenvalue weighted by atomic mass is 127. The van der Waals surface area contributed by atoms with Crippen molar-refractivity contribution in [1.29, 1.82) is 0 Å². The van der Waals surface area contributed by atoms with E-state index in [1.54, 1.807) is 0 Å². The molecule has 0 aliphatic carbocycles. The van der Waals surface area contributed by atoms with Crippen LogP contribution < -0.4 is 0 Å². The van der Waals surface area contributed by atoms with Gasteiger partial charge in [-0.1, -0.05) is 0 Å². The topological polar surface area (TPSA) is 6.48 Å². The van der Waals surface area contributed by atoms with Gasteiger partial charge in [0, 0.05) is 28.9 Å². The maximum atomic E-state index is 2.33. The molecule has 0 aliphatic heterocycles. The molecule has 0 spiro atoms. The molecule has 3 heteroatoms. The largest absolute Gasteiger partial charge is 0.309 e. The fourth-order valence-corrected chi connectivity index (χ4v) is 0.901. The summed E-state index contributed by atoms with van der Waals surface area (Å²) in [7, 11) is 6.33. The van der Waals surface area contributed by atoms with Crippen LogP contribution in [-0.2, 0) is 0 Å². The van der Waals surface area contributed by atoms with Gasteiger partial charge in [-0.3, -0.25) is 0 Å². The molecular formula is C7H17IN2. The van der Waals surface area contributed by atoms with E-state index in [0.29, 0.717) is 6.04 Å². The third kappa shape index (κ3) is 5.44. The summed E-state index contributed by atoms with van der Waals surface area (Å²) in [6, 6.07) is 0.683. The van der Waals surface area contributed by atoms with E-state index in [-0.39, 0.29) is 0 Å². The highest BCUT2D eigenvalue weighted by molar-refractivity contribution is 14.1. The van der Waals surface area contributed by atoms with E-state index >= 15 is 0 Å². The molecule has 0 saturated heterocycles. The molecule has 0 saturated carbocycles. The van der Waals surface area contributed by atoms with Gasteiger partial charge in [-0.05, 0) is 41.0 Å². The zero-order chi connectivity index (χ0) is 8.15. The van der Waals surface area contributed by atoms with Crippen LogP contribution in [0.1, 0.15) is 13.3 Å². The van der Waals surface area contributed by atoms with Gasteiger partial charge in [0.15, 0.2) is 0 Å². The Morgan fingerprint density at radius 1 is 1.30 bits per heavy atom. The zero-order valence-electron chi connectivity index (χ0n) is 7.26. The predicted octanol–water partition coefficient (Wildman–Crippen LogP) is 1.61. The van der Waals surface area contributed by atoms with Crippen molar-refractivity contribution in [2.45, 2.75) is 19.4 Å². The first-order chi connectivity index (χ1) is 4.54. The minimum Gasteiger partial charge on any atom is -0.309 e. The molecule has 0 rings (SSSR count). The van der Waals surface area contributed by atoms with Gasteiger partial charge in [0.1, 0.15) is 0 Å². The Kier molecular flexibility index (Phi) is 5.67. The van der Waals surface area contributed by atoms with Crippen molar-refractivity contribution >= 4 is 22.9 Å². The van der Waals surface area contributed by atoms with Crippen molar-refractivity contribution in [3.8, 4) is 0 Å². The van der Waals surface area contributed by atoms with Crippen molar-refractivity contribution < 1.29 is 0 Å². The van der Waals surface area contributed by atoms with E-state index in [2.05, 4.69) is 58.9 Å².